The summed E-state index contributed by atoms with van der Waals surface area (Å²) >= 11 is 12.0. The van der Waals surface area contributed by atoms with E-state index in [0.29, 0.717) is 28.8 Å². The summed E-state index contributed by atoms with van der Waals surface area (Å²) in [6.07, 6.45) is 3.01. The zero-order valence-corrected chi connectivity index (χ0v) is 15.3. The summed E-state index contributed by atoms with van der Waals surface area (Å²) < 4.78 is 10.3. The molecule has 1 fully saturated rings. The summed E-state index contributed by atoms with van der Waals surface area (Å²) in [5.74, 6) is -0.455. The third-order valence-electron chi connectivity index (χ3n) is 3.88. The lowest BCUT2D eigenvalue weighted by Gasteiger charge is -2.25. The largest absolute Gasteiger partial charge is 0.376 e. The van der Waals surface area contributed by atoms with E-state index in [1.807, 2.05) is 0 Å². The highest BCUT2D eigenvalue weighted by molar-refractivity contribution is 6.35. The summed E-state index contributed by atoms with van der Waals surface area (Å²) in [6, 6.07) is 6.10. The van der Waals surface area contributed by atoms with Crippen LogP contribution >= 0.6 is 23.2 Å². The van der Waals surface area contributed by atoms with Crippen molar-refractivity contribution < 1.29 is 18.8 Å². The molecule has 0 bridgehead atoms. The summed E-state index contributed by atoms with van der Waals surface area (Å²) in [5.41, 5.74) is 0.315. The summed E-state index contributed by atoms with van der Waals surface area (Å²) in [4.78, 5) is 26.6. The van der Waals surface area contributed by atoms with Gasteiger partial charge >= 0.3 is 0 Å². The van der Waals surface area contributed by atoms with Crippen molar-refractivity contribution in [3.63, 3.8) is 0 Å². The third-order valence-corrected chi connectivity index (χ3v) is 4.32. The lowest BCUT2D eigenvalue weighted by atomic mass is 10.1. The molecule has 1 N–H and O–H groups in total. The molecule has 0 spiro atoms. The molecule has 26 heavy (non-hydrogen) atoms. The molecular weight excluding hydrogens is 381 g/mol. The lowest BCUT2D eigenvalue weighted by molar-refractivity contribution is -0.117. The van der Waals surface area contributed by atoms with Gasteiger partial charge in [0.05, 0.1) is 6.10 Å². The minimum absolute atomic E-state index is 0.103. The first-order valence-electron chi connectivity index (χ1n) is 8.08. The summed E-state index contributed by atoms with van der Waals surface area (Å²) in [5, 5.41) is 6.90. The van der Waals surface area contributed by atoms with Crippen molar-refractivity contribution in [2.24, 2.45) is 0 Å². The number of aromatic nitrogens is 1. The normalized spacial score (nSPS) is 16.5. The first kappa shape index (κ1) is 18.7. The molecule has 1 saturated heterocycles. The Kier molecular flexibility index (Phi) is 6.13. The Morgan fingerprint density at radius 2 is 2.04 bits per heavy atom. The van der Waals surface area contributed by atoms with Crippen LogP contribution in [0.3, 0.4) is 0 Å². The molecule has 1 unspecified atom stereocenters. The first-order chi connectivity index (χ1) is 12.5. The van der Waals surface area contributed by atoms with Gasteiger partial charge < -0.3 is 19.5 Å². The average Bonchev–Trinajstić information content (AvgIpc) is 3.26. The predicted molar refractivity (Wildman–Crippen MR) is 96.5 cm³/mol. The number of rotatable bonds is 6. The quantitative estimate of drug-likeness (QED) is 0.808. The zero-order chi connectivity index (χ0) is 18.5. The van der Waals surface area contributed by atoms with Crippen LogP contribution in [0.1, 0.15) is 23.2 Å². The Labute approximate surface area is 160 Å². The number of nitrogens with one attached hydrogen (secondary N) is 1. The van der Waals surface area contributed by atoms with Gasteiger partial charge in [-0.25, -0.2) is 0 Å². The molecule has 2 aromatic rings. The van der Waals surface area contributed by atoms with Crippen molar-refractivity contribution >= 4 is 40.8 Å². The Bertz CT molecular complexity index is 756. The van der Waals surface area contributed by atoms with E-state index in [9.17, 15) is 9.59 Å². The summed E-state index contributed by atoms with van der Waals surface area (Å²) in [7, 11) is 0. The Hall–Kier alpha value is -2.09. The van der Waals surface area contributed by atoms with E-state index in [-0.39, 0.29) is 24.4 Å². The Morgan fingerprint density at radius 1 is 1.27 bits per heavy atom. The second-order valence-electron chi connectivity index (χ2n) is 5.91. The standard InChI is InChI=1S/C17H17Cl2N3O4/c18-12-6-11(7-13(19)8-12)17(24)22(9-14-2-1-4-25-14)10-16(23)20-15-3-5-26-21-15/h3,5-8,14H,1-2,4,9-10H2,(H,20,21,23). The molecule has 2 heterocycles. The van der Waals surface area contributed by atoms with Crippen molar-refractivity contribution in [2.45, 2.75) is 18.9 Å². The van der Waals surface area contributed by atoms with Gasteiger partial charge in [0.2, 0.25) is 5.91 Å². The van der Waals surface area contributed by atoms with E-state index >= 15 is 0 Å². The molecular formula is C17H17Cl2N3O4. The number of halogens is 2. The first-order valence-corrected chi connectivity index (χ1v) is 8.84. The van der Waals surface area contributed by atoms with Gasteiger partial charge in [0.1, 0.15) is 12.8 Å². The van der Waals surface area contributed by atoms with E-state index in [1.165, 1.54) is 29.4 Å². The van der Waals surface area contributed by atoms with Crippen molar-refractivity contribution in [2.75, 3.05) is 25.0 Å². The van der Waals surface area contributed by atoms with Gasteiger partial charge in [-0.2, -0.15) is 0 Å². The van der Waals surface area contributed by atoms with Crippen LogP contribution < -0.4 is 5.32 Å². The van der Waals surface area contributed by atoms with Gasteiger partial charge in [-0.1, -0.05) is 28.4 Å². The third kappa shape index (κ3) is 4.97. The van der Waals surface area contributed by atoms with Crippen molar-refractivity contribution in [3.05, 3.63) is 46.1 Å². The van der Waals surface area contributed by atoms with E-state index in [2.05, 4.69) is 15.0 Å². The maximum Gasteiger partial charge on any atom is 0.254 e. The van der Waals surface area contributed by atoms with Crippen molar-refractivity contribution in [3.8, 4) is 0 Å². The fourth-order valence-corrected chi connectivity index (χ4v) is 3.27. The molecule has 7 nitrogen and oxygen atoms in total. The molecule has 1 atom stereocenters. The van der Waals surface area contributed by atoms with Crippen LogP contribution in [-0.2, 0) is 9.53 Å². The molecule has 1 aliphatic rings. The highest BCUT2D eigenvalue weighted by Crippen LogP contribution is 2.21. The molecule has 0 aliphatic carbocycles. The van der Waals surface area contributed by atoms with Crippen molar-refractivity contribution in [1.82, 2.24) is 10.1 Å². The minimum atomic E-state index is -0.390. The number of anilines is 1. The fraction of sp³-hybridized carbons (Fsp3) is 0.353. The van der Waals surface area contributed by atoms with E-state index < -0.39 is 5.91 Å². The van der Waals surface area contributed by atoms with Gasteiger partial charge in [-0.15, -0.1) is 0 Å². The number of ether oxygens (including phenoxy) is 1. The minimum Gasteiger partial charge on any atom is -0.376 e. The highest BCUT2D eigenvalue weighted by atomic mass is 35.5. The van der Waals surface area contributed by atoms with Gasteiger partial charge in [-0.3, -0.25) is 9.59 Å². The highest BCUT2D eigenvalue weighted by Gasteiger charge is 2.26. The summed E-state index contributed by atoms with van der Waals surface area (Å²) in [6.45, 7) is 0.797. The molecule has 138 valence electrons. The lowest BCUT2D eigenvalue weighted by Crippen LogP contribution is -2.42. The molecule has 1 aromatic carbocycles. The maximum atomic E-state index is 12.9. The Morgan fingerprint density at radius 3 is 2.65 bits per heavy atom. The van der Waals surface area contributed by atoms with Crippen LogP contribution in [0.15, 0.2) is 35.1 Å². The van der Waals surface area contributed by atoms with Gasteiger partial charge in [0, 0.05) is 34.8 Å². The van der Waals surface area contributed by atoms with Gasteiger partial charge in [-0.05, 0) is 31.0 Å². The molecule has 2 amide bonds. The smallest absolute Gasteiger partial charge is 0.254 e. The molecule has 0 radical (unpaired) electrons. The topological polar surface area (TPSA) is 84.7 Å². The fourth-order valence-electron chi connectivity index (χ4n) is 2.75. The van der Waals surface area contributed by atoms with Crippen LogP contribution in [0, 0.1) is 0 Å². The average molecular weight is 398 g/mol. The second kappa shape index (κ2) is 8.53. The van der Waals surface area contributed by atoms with Gasteiger partial charge in [0.15, 0.2) is 5.82 Å². The number of nitrogens with zero attached hydrogens (tertiary/aromatic N) is 2. The number of carbonyl (C=O) groups is 2. The van der Waals surface area contributed by atoms with Crippen LogP contribution in [0.4, 0.5) is 5.82 Å². The Balaban J connectivity index is 1.75. The molecule has 1 aliphatic heterocycles. The van der Waals surface area contributed by atoms with Gasteiger partial charge in [0.25, 0.3) is 5.91 Å². The number of benzene rings is 1. The van der Waals surface area contributed by atoms with Crippen LogP contribution in [0.25, 0.3) is 0 Å². The van der Waals surface area contributed by atoms with E-state index in [4.69, 9.17) is 27.9 Å². The molecule has 0 saturated carbocycles. The number of hydrogen-bond acceptors (Lipinski definition) is 5. The number of carbonyl (C=O) groups excluding carboxylic acids is 2. The number of amides is 2. The monoisotopic (exact) mass is 397 g/mol. The predicted octanol–water partition coefficient (Wildman–Crippen LogP) is 3.24. The van der Waals surface area contributed by atoms with Crippen LogP contribution in [-0.4, -0.2) is 47.7 Å². The molecule has 1 aromatic heterocycles. The van der Waals surface area contributed by atoms with E-state index in [1.54, 1.807) is 6.07 Å². The van der Waals surface area contributed by atoms with Crippen LogP contribution in [0.2, 0.25) is 10.0 Å². The zero-order valence-electron chi connectivity index (χ0n) is 13.8. The molecule has 3 rings (SSSR count). The van der Waals surface area contributed by atoms with E-state index in [0.717, 1.165) is 12.8 Å². The number of hydrogen-bond donors (Lipinski definition) is 1. The SMILES string of the molecule is O=C(CN(CC1CCCO1)C(=O)c1cc(Cl)cc(Cl)c1)Nc1ccon1. The molecule has 9 heteroatoms. The van der Waals surface area contributed by atoms with Crippen LogP contribution in [0.5, 0.6) is 0 Å². The second-order valence-corrected chi connectivity index (χ2v) is 6.78. The van der Waals surface area contributed by atoms with Crippen molar-refractivity contribution in [1.29, 1.82) is 0 Å². The maximum absolute atomic E-state index is 12.9.